The molecule has 0 amide bonds. The van der Waals surface area contributed by atoms with Gasteiger partial charge in [0.25, 0.3) is 0 Å². The summed E-state index contributed by atoms with van der Waals surface area (Å²) in [5.41, 5.74) is 0.299. The topological polar surface area (TPSA) is 29.1 Å². The highest BCUT2D eigenvalue weighted by molar-refractivity contribution is 9.10. The molecule has 0 aromatic heterocycles. The third-order valence-corrected chi connectivity index (χ3v) is 3.87. The van der Waals surface area contributed by atoms with Crippen molar-refractivity contribution in [2.75, 3.05) is 13.1 Å². The lowest BCUT2D eigenvalue weighted by molar-refractivity contribution is -0.115. The second-order valence-corrected chi connectivity index (χ2v) is 5.13. The van der Waals surface area contributed by atoms with Crippen LogP contribution in [0.2, 0.25) is 0 Å². The SMILES string of the molecule is O=C1C=CC2(CCNCC2)CC1Br. The highest BCUT2D eigenvalue weighted by atomic mass is 79.9. The molecule has 0 radical (unpaired) electrons. The summed E-state index contributed by atoms with van der Waals surface area (Å²) in [7, 11) is 0. The van der Waals surface area contributed by atoms with Gasteiger partial charge in [-0.15, -0.1) is 0 Å². The predicted octanol–water partition coefficient (Wildman–Crippen LogP) is 1.65. The Kier molecular flexibility index (Phi) is 2.56. The van der Waals surface area contributed by atoms with Crippen LogP contribution in [0.1, 0.15) is 19.3 Å². The molecule has 0 saturated carbocycles. The average molecular weight is 244 g/mol. The van der Waals surface area contributed by atoms with E-state index in [1.54, 1.807) is 6.08 Å². The second kappa shape index (κ2) is 3.54. The molecule has 2 nitrogen and oxygen atoms in total. The maximum absolute atomic E-state index is 11.3. The molecule has 1 aliphatic heterocycles. The van der Waals surface area contributed by atoms with Gasteiger partial charge in [-0.25, -0.2) is 0 Å². The first kappa shape index (κ1) is 9.41. The van der Waals surface area contributed by atoms with Crippen LogP contribution in [0, 0.1) is 5.41 Å². The summed E-state index contributed by atoms with van der Waals surface area (Å²) >= 11 is 3.44. The Morgan fingerprint density at radius 1 is 1.46 bits per heavy atom. The van der Waals surface area contributed by atoms with Gasteiger partial charge in [0.15, 0.2) is 5.78 Å². The molecule has 1 saturated heterocycles. The molecule has 2 rings (SSSR count). The third kappa shape index (κ3) is 1.86. The van der Waals surface area contributed by atoms with Crippen molar-refractivity contribution in [2.45, 2.75) is 24.1 Å². The number of allylic oxidation sites excluding steroid dienone is 2. The van der Waals surface area contributed by atoms with Gasteiger partial charge in [0.2, 0.25) is 0 Å². The molecule has 0 aromatic carbocycles. The molecule has 72 valence electrons. The summed E-state index contributed by atoms with van der Waals surface area (Å²) in [6.45, 7) is 2.16. The lowest BCUT2D eigenvalue weighted by atomic mass is 9.72. The van der Waals surface area contributed by atoms with E-state index in [4.69, 9.17) is 0 Å². The van der Waals surface area contributed by atoms with Crippen molar-refractivity contribution in [1.82, 2.24) is 5.32 Å². The lowest BCUT2D eigenvalue weighted by Gasteiger charge is -2.38. The highest BCUT2D eigenvalue weighted by Gasteiger charge is 2.36. The maximum Gasteiger partial charge on any atom is 0.169 e. The summed E-state index contributed by atoms with van der Waals surface area (Å²) in [6.07, 6.45) is 7.20. The van der Waals surface area contributed by atoms with Crippen molar-refractivity contribution in [3.05, 3.63) is 12.2 Å². The first-order valence-electron chi connectivity index (χ1n) is 4.80. The first-order chi connectivity index (χ1) is 6.22. The largest absolute Gasteiger partial charge is 0.317 e. The van der Waals surface area contributed by atoms with Crippen LogP contribution in [0.4, 0.5) is 0 Å². The van der Waals surface area contributed by atoms with Crippen LogP contribution in [0.25, 0.3) is 0 Å². The van der Waals surface area contributed by atoms with E-state index < -0.39 is 0 Å². The molecular formula is C10H14BrNO. The first-order valence-corrected chi connectivity index (χ1v) is 5.71. The van der Waals surface area contributed by atoms with Crippen molar-refractivity contribution in [2.24, 2.45) is 5.41 Å². The number of rotatable bonds is 0. The van der Waals surface area contributed by atoms with Crippen LogP contribution in [-0.4, -0.2) is 23.7 Å². The van der Waals surface area contributed by atoms with Gasteiger partial charge in [-0.05, 0) is 43.8 Å². The van der Waals surface area contributed by atoms with Crippen molar-refractivity contribution in [1.29, 1.82) is 0 Å². The molecule has 1 atom stereocenters. The Labute approximate surface area is 86.9 Å². The van der Waals surface area contributed by atoms with E-state index in [0.717, 1.165) is 19.5 Å². The fourth-order valence-corrected chi connectivity index (χ4v) is 2.98. The molecule has 1 unspecified atom stereocenters. The zero-order valence-corrected chi connectivity index (χ0v) is 9.14. The Balaban J connectivity index is 2.15. The van der Waals surface area contributed by atoms with Gasteiger partial charge in [0.1, 0.15) is 0 Å². The van der Waals surface area contributed by atoms with Gasteiger partial charge >= 0.3 is 0 Å². The molecule has 0 aromatic rings. The Bertz CT molecular complexity index is 243. The van der Waals surface area contributed by atoms with Crippen LogP contribution in [-0.2, 0) is 4.79 Å². The lowest BCUT2D eigenvalue weighted by Crippen LogP contribution is -2.40. The predicted molar refractivity (Wildman–Crippen MR) is 56.0 cm³/mol. The number of hydrogen-bond acceptors (Lipinski definition) is 2. The minimum Gasteiger partial charge on any atom is -0.317 e. The summed E-state index contributed by atoms with van der Waals surface area (Å²) in [5, 5.41) is 3.35. The molecule has 1 N–H and O–H groups in total. The van der Waals surface area contributed by atoms with E-state index in [-0.39, 0.29) is 10.6 Å². The fraction of sp³-hybridized carbons (Fsp3) is 0.700. The van der Waals surface area contributed by atoms with E-state index in [9.17, 15) is 4.79 Å². The summed E-state index contributed by atoms with van der Waals surface area (Å²) in [5.74, 6) is 0.226. The van der Waals surface area contributed by atoms with E-state index in [0.29, 0.717) is 5.41 Å². The van der Waals surface area contributed by atoms with Crippen molar-refractivity contribution >= 4 is 21.7 Å². The van der Waals surface area contributed by atoms with Gasteiger partial charge in [-0.1, -0.05) is 22.0 Å². The van der Waals surface area contributed by atoms with Gasteiger partial charge in [0.05, 0.1) is 4.83 Å². The normalized spacial score (nSPS) is 32.4. The minimum atomic E-state index is 0.0515. The quantitative estimate of drug-likeness (QED) is 0.656. The molecular weight excluding hydrogens is 230 g/mol. The molecule has 1 spiro atoms. The molecule has 13 heavy (non-hydrogen) atoms. The highest BCUT2D eigenvalue weighted by Crippen LogP contribution is 2.40. The molecule has 0 bridgehead atoms. The van der Waals surface area contributed by atoms with Gasteiger partial charge in [-0.3, -0.25) is 4.79 Å². The van der Waals surface area contributed by atoms with Gasteiger partial charge in [0, 0.05) is 0 Å². The summed E-state index contributed by atoms with van der Waals surface area (Å²) in [4.78, 5) is 11.3. The molecule has 3 heteroatoms. The van der Waals surface area contributed by atoms with Crippen LogP contribution < -0.4 is 5.32 Å². The number of hydrogen-bond donors (Lipinski definition) is 1. The second-order valence-electron chi connectivity index (χ2n) is 4.02. The van der Waals surface area contributed by atoms with Crippen molar-refractivity contribution < 1.29 is 4.79 Å². The zero-order chi connectivity index (χ0) is 9.31. The number of carbonyl (C=O) groups is 1. The Morgan fingerprint density at radius 2 is 2.15 bits per heavy atom. The smallest absolute Gasteiger partial charge is 0.169 e. The van der Waals surface area contributed by atoms with Gasteiger partial charge in [-0.2, -0.15) is 0 Å². The summed E-state index contributed by atoms with van der Waals surface area (Å²) in [6, 6.07) is 0. The van der Waals surface area contributed by atoms with Crippen LogP contribution in [0.5, 0.6) is 0 Å². The zero-order valence-electron chi connectivity index (χ0n) is 7.55. The Morgan fingerprint density at radius 3 is 2.77 bits per heavy atom. The van der Waals surface area contributed by atoms with Crippen molar-refractivity contribution in [3.63, 3.8) is 0 Å². The molecule has 2 aliphatic rings. The van der Waals surface area contributed by atoms with Gasteiger partial charge < -0.3 is 5.32 Å². The summed E-state index contributed by atoms with van der Waals surface area (Å²) < 4.78 is 0. The van der Waals surface area contributed by atoms with E-state index in [1.807, 2.05) is 0 Å². The average Bonchev–Trinajstić information content (AvgIpc) is 2.14. The third-order valence-electron chi connectivity index (χ3n) is 3.09. The maximum atomic E-state index is 11.3. The van der Waals surface area contributed by atoms with Crippen LogP contribution in [0.3, 0.4) is 0 Å². The standard InChI is InChI=1S/C10H14BrNO/c11-8-7-10(2-1-9(8)13)3-5-12-6-4-10/h1-2,8,12H,3-7H2. The van der Waals surface area contributed by atoms with Crippen molar-refractivity contribution in [3.8, 4) is 0 Å². The number of piperidine rings is 1. The number of alkyl halides is 1. The Hall–Kier alpha value is -0.150. The van der Waals surface area contributed by atoms with E-state index >= 15 is 0 Å². The number of ketones is 1. The fourth-order valence-electron chi connectivity index (χ4n) is 2.18. The molecule has 1 fully saturated rings. The minimum absolute atomic E-state index is 0.0515. The monoisotopic (exact) mass is 243 g/mol. The number of nitrogens with one attached hydrogen (secondary N) is 1. The van der Waals surface area contributed by atoms with E-state index in [2.05, 4.69) is 27.3 Å². The van der Waals surface area contributed by atoms with Crippen LogP contribution >= 0.6 is 15.9 Å². The van der Waals surface area contributed by atoms with E-state index in [1.165, 1.54) is 12.8 Å². The number of halogens is 1. The molecule has 1 heterocycles. The molecule has 1 aliphatic carbocycles. The van der Waals surface area contributed by atoms with Crippen LogP contribution in [0.15, 0.2) is 12.2 Å². The number of carbonyl (C=O) groups excluding carboxylic acids is 1.